The minimum atomic E-state index is -0.467. The van der Waals surface area contributed by atoms with Crippen LogP contribution in [0, 0.1) is 0 Å². The highest BCUT2D eigenvalue weighted by molar-refractivity contribution is 5.96. The topological polar surface area (TPSA) is 180 Å². The molecule has 0 spiro atoms. The zero-order valence-electron chi connectivity index (χ0n) is 18.2. The van der Waals surface area contributed by atoms with Crippen LogP contribution in [0.1, 0.15) is 39.8 Å². The summed E-state index contributed by atoms with van der Waals surface area (Å²) in [6, 6.07) is 6.34. The van der Waals surface area contributed by atoms with Crippen LogP contribution >= 0.6 is 0 Å². The van der Waals surface area contributed by atoms with Crippen molar-refractivity contribution in [2.24, 2.45) is 0 Å². The molecule has 0 atom stereocenters. The Hall–Kier alpha value is -3.18. The average molecular weight is 462 g/mol. The molecular formula is C23H30N2O8. The van der Waals surface area contributed by atoms with E-state index in [0.717, 1.165) is 0 Å². The number of carbonyl (C=O) groups is 2. The molecule has 0 fully saturated rings. The van der Waals surface area contributed by atoms with E-state index in [0.29, 0.717) is 24.0 Å². The monoisotopic (exact) mass is 462 g/mol. The molecule has 33 heavy (non-hydrogen) atoms. The van der Waals surface area contributed by atoms with Crippen LogP contribution in [-0.4, -0.2) is 55.5 Å². The molecule has 0 radical (unpaired) electrons. The Bertz CT molecular complexity index is 849. The standard InChI is InChI=1S/C23H30N2O8/c26-10-16-5-14(6-17(11-27)22(16)32)1-3-24-20(30)9-21(31)25-4-2-15-7-18(12-28)23(33)19(8-15)13-29/h5-8,26-29,32-33H,1-4,9-13H2,(H,24,30)(H,25,31). The molecule has 2 amide bonds. The van der Waals surface area contributed by atoms with Crippen molar-refractivity contribution in [2.45, 2.75) is 45.7 Å². The van der Waals surface area contributed by atoms with E-state index in [1.54, 1.807) is 24.3 Å². The minimum Gasteiger partial charge on any atom is -0.507 e. The zero-order valence-corrected chi connectivity index (χ0v) is 18.2. The smallest absolute Gasteiger partial charge is 0.229 e. The summed E-state index contributed by atoms with van der Waals surface area (Å²) in [6.45, 7) is -1.07. The van der Waals surface area contributed by atoms with E-state index < -0.39 is 11.8 Å². The maximum atomic E-state index is 12.0. The van der Waals surface area contributed by atoms with Gasteiger partial charge >= 0.3 is 0 Å². The molecule has 0 unspecified atom stereocenters. The lowest BCUT2D eigenvalue weighted by molar-refractivity contribution is -0.129. The highest BCUT2D eigenvalue weighted by atomic mass is 16.3. The molecule has 0 aromatic heterocycles. The van der Waals surface area contributed by atoms with E-state index in [1.165, 1.54) is 0 Å². The second-order valence-corrected chi connectivity index (χ2v) is 7.53. The first kappa shape index (κ1) is 26.1. The van der Waals surface area contributed by atoms with Gasteiger partial charge < -0.3 is 41.3 Å². The normalized spacial score (nSPS) is 10.8. The predicted molar refractivity (Wildman–Crippen MR) is 118 cm³/mol. The fourth-order valence-corrected chi connectivity index (χ4v) is 3.40. The lowest BCUT2D eigenvalue weighted by atomic mass is 10.0. The van der Waals surface area contributed by atoms with Crippen LogP contribution in [0.5, 0.6) is 11.5 Å². The number of phenols is 2. The zero-order chi connectivity index (χ0) is 24.4. The molecule has 0 aliphatic rings. The van der Waals surface area contributed by atoms with Crippen molar-refractivity contribution < 1.29 is 40.2 Å². The number of aromatic hydroxyl groups is 2. The summed E-state index contributed by atoms with van der Waals surface area (Å²) in [7, 11) is 0. The highest BCUT2D eigenvalue weighted by Gasteiger charge is 2.12. The largest absolute Gasteiger partial charge is 0.507 e. The lowest BCUT2D eigenvalue weighted by Gasteiger charge is -2.12. The van der Waals surface area contributed by atoms with Crippen LogP contribution in [0.4, 0.5) is 0 Å². The van der Waals surface area contributed by atoms with Crippen molar-refractivity contribution >= 4 is 11.8 Å². The SMILES string of the molecule is O=C(CC(=O)NCCc1cc(CO)c(O)c(CO)c1)NCCc1cc(CO)c(O)c(CO)c1. The fourth-order valence-electron chi connectivity index (χ4n) is 3.40. The van der Waals surface area contributed by atoms with Gasteiger partial charge in [0.25, 0.3) is 0 Å². The summed E-state index contributed by atoms with van der Waals surface area (Å²) in [5.41, 5.74) is 2.57. The van der Waals surface area contributed by atoms with Crippen LogP contribution in [0.3, 0.4) is 0 Å². The first-order valence-electron chi connectivity index (χ1n) is 10.5. The maximum absolute atomic E-state index is 12.0. The Morgan fingerprint density at radius 2 is 0.909 bits per heavy atom. The van der Waals surface area contributed by atoms with Crippen LogP contribution in [0.25, 0.3) is 0 Å². The summed E-state index contributed by atoms with van der Waals surface area (Å²) in [6.07, 6.45) is 0.405. The molecule has 2 aromatic carbocycles. The third kappa shape index (κ3) is 7.43. The number of nitrogens with one attached hydrogen (secondary N) is 2. The Morgan fingerprint density at radius 1 is 0.606 bits per heavy atom. The van der Waals surface area contributed by atoms with E-state index in [1.807, 2.05) is 0 Å². The van der Waals surface area contributed by atoms with Crippen LogP contribution in [0.2, 0.25) is 0 Å². The number of aliphatic hydroxyl groups excluding tert-OH is 4. The molecule has 8 N–H and O–H groups in total. The molecule has 0 saturated heterocycles. The summed E-state index contributed by atoms with van der Waals surface area (Å²) in [4.78, 5) is 24.0. The second-order valence-electron chi connectivity index (χ2n) is 7.53. The van der Waals surface area contributed by atoms with Gasteiger partial charge in [0.1, 0.15) is 17.9 Å². The van der Waals surface area contributed by atoms with Crippen molar-refractivity contribution in [2.75, 3.05) is 13.1 Å². The van der Waals surface area contributed by atoms with Gasteiger partial charge in [-0.2, -0.15) is 0 Å². The maximum Gasteiger partial charge on any atom is 0.229 e. The third-order valence-corrected chi connectivity index (χ3v) is 5.13. The molecule has 0 aliphatic carbocycles. The number of carbonyl (C=O) groups excluding carboxylic acids is 2. The number of benzene rings is 2. The van der Waals surface area contributed by atoms with Gasteiger partial charge in [0, 0.05) is 35.3 Å². The predicted octanol–water partition coefficient (Wildman–Crippen LogP) is -0.525. The number of aliphatic hydroxyl groups is 4. The summed E-state index contributed by atoms with van der Waals surface area (Å²) in [5, 5.41) is 62.2. The molecule has 180 valence electrons. The first-order chi connectivity index (χ1) is 15.8. The Balaban J connectivity index is 1.78. The van der Waals surface area contributed by atoms with E-state index in [9.17, 15) is 40.2 Å². The molecule has 2 aromatic rings. The van der Waals surface area contributed by atoms with Gasteiger partial charge in [-0.05, 0) is 48.2 Å². The molecule has 0 saturated carbocycles. The van der Waals surface area contributed by atoms with Gasteiger partial charge in [0.2, 0.25) is 11.8 Å². The average Bonchev–Trinajstić information content (AvgIpc) is 2.80. The van der Waals surface area contributed by atoms with E-state index in [4.69, 9.17) is 0 Å². The van der Waals surface area contributed by atoms with E-state index in [2.05, 4.69) is 10.6 Å². The van der Waals surface area contributed by atoms with E-state index in [-0.39, 0.29) is 79.7 Å². The van der Waals surface area contributed by atoms with Crippen LogP contribution < -0.4 is 10.6 Å². The number of hydrogen-bond donors (Lipinski definition) is 8. The van der Waals surface area contributed by atoms with Crippen molar-refractivity contribution in [3.05, 3.63) is 57.6 Å². The van der Waals surface area contributed by atoms with Gasteiger partial charge in [-0.1, -0.05) is 0 Å². The second kappa shape index (κ2) is 12.8. The summed E-state index contributed by atoms with van der Waals surface area (Å²) >= 11 is 0. The number of hydrogen-bond acceptors (Lipinski definition) is 8. The fraction of sp³-hybridized carbons (Fsp3) is 0.391. The summed E-state index contributed by atoms with van der Waals surface area (Å²) < 4.78 is 0. The van der Waals surface area contributed by atoms with Crippen molar-refractivity contribution in [1.82, 2.24) is 10.6 Å². The van der Waals surface area contributed by atoms with Crippen molar-refractivity contribution in [1.29, 1.82) is 0 Å². The van der Waals surface area contributed by atoms with Gasteiger partial charge in [-0.15, -0.1) is 0 Å². The Morgan fingerprint density at radius 3 is 1.18 bits per heavy atom. The molecule has 10 heteroatoms. The molecule has 0 aliphatic heterocycles. The molecule has 10 nitrogen and oxygen atoms in total. The molecule has 0 bridgehead atoms. The minimum absolute atomic E-state index is 0.156. The lowest BCUT2D eigenvalue weighted by Crippen LogP contribution is -2.33. The molecular weight excluding hydrogens is 432 g/mol. The summed E-state index contributed by atoms with van der Waals surface area (Å²) in [5.74, 6) is -1.24. The highest BCUT2D eigenvalue weighted by Crippen LogP contribution is 2.26. The molecule has 0 heterocycles. The van der Waals surface area contributed by atoms with E-state index >= 15 is 0 Å². The van der Waals surface area contributed by atoms with Crippen molar-refractivity contribution in [3.63, 3.8) is 0 Å². The van der Waals surface area contributed by atoms with Crippen molar-refractivity contribution in [3.8, 4) is 11.5 Å². The molecule has 2 rings (SSSR count). The first-order valence-corrected chi connectivity index (χ1v) is 10.5. The van der Waals surface area contributed by atoms with Gasteiger partial charge in [0.15, 0.2) is 0 Å². The third-order valence-electron chi connectivity index (χ3n) is 5.13. The van der Waals surface area contributed by atoms with Crippen LogP contribution in [-0.2, 0) is 48.9 Å². The number of rotatable bonds is 12. The van der Waals surface area contributed by atoms with Gasteiger partial charge in [-0.25, -0.2) is 0 Å². The Labute approximate surface area is 191 Å². The Kier molecular flexibility index (Phi) is 10.1. The van der Waals surface area contributed by atoms with Gasteiger partial charge in [0.05, 0.1) is 26.4 Å². The quantitative estimate of drug-likeness (QED) is 0.194. The number of amides is 2. The van der Waals surface area contributed by atoms with Gasteiger partial charge in [-0.3, -0.25) is 9.59 Å². The van der Waals surface area contributed by atoms with Crippen LogP contribution in [0.15, 0.2) is 24.3 Å².